The van der Waals surface area contributed by atoms with Crippen LogP contribution in [0.1, 0.15) is 19.8 Å². The van der Waals surface area contributed by atoms with Crippen LogP contribution in [0.2, 0.25) is 0 Å². The molecule has 1 fully saturated rings. The van der Waals surface area contributed by atoms with E-state index in [1.165, 1.54) is 0 Å². The van der Waals surface area contributed by atoms with E-state index in [9.17, 15) is 4.79 Å². The van der Waals surface area contributed by atoms with Crippen molar-refractivity contribution in [2.45, 2.75) is 25.9 Å². The van der Waals surface area contributed by atoms with Crippen LogP contribution >= 0.6 is 0 Å². The minimum absolute atomic E-state index is 0.428. The van der Waals surface area contributed by atoms with Gasteiger partial charge in [-0.1, -0.05) is 0 Å². The summed E-state index contributed by atoms with van der Waals surface area (Å²) in [5, 5.41) is 8.98. The van der Waals surface area contributed by atoms with Crippen molar-refractivity contribution in [2.24, 2.45) is 5.92 Å². The Hall–Kier alpha value is -0.650. The first kappa shape index (κ1) is 14.4. The Morgan fingerprint density at radius 1 is 1.65 bits per heavy atom. The molecule has 5 heteroatoms. The van der Waals surface area contributed by atoms with Crippen LogP contribution in [0, 0.1) is 5.92 Å². The molecule has 0 saturated carbocycles. The Morgan fingerprint density at radius 2 is 2.41 bits per heavy atom. The Balaban J connectivity index is 2.30. The number of hydrogen-bond acceptors (Lipinski definition) is 4. The highest BCUT2D eigenvalue weighted by Gasteiger charge is 2.22. The summed E-state index contributed by atoms with van der Waals surface area (Å²) in [6.07, 6.45) is 1.54. The van der Waals surface area contributed by atoms with E-state index in [0.29, 0.717) is 19.1 Å². The minimum Gasteiger partial charge on any atom is -0.479 e. The van der Waals surface area contributed by atoms with Crippen LogP contribution in [-0.2, 0) is 14.3 Å². The maximum absolute atomic E-state index is 10.9. The summed E-state index contributed by atoms with van der Waals surface area (Å²) in [6, 6.07) is 0. The molecule has 100 valence electrons. The Labute approximate surface area is 103 Å². The molecule has 0 aliphatic carbocycles. The fourth-order valence-corrected chi connectivity index (χ4v) is 2.15. The molecule has 1 N–H and O–H groups in total. The molecule has 0 aromatic carbocycles. The molecule has 0 spiro atoms. The van der Waals surface area contributed by atoms with Crippen LogP contribution in [0.4, 0.5) is 0 Å². The Morgan fingerprint density at radius 3 is 2.94 bits per heavy atom. The molecule has 1 saturated heterocycles. The van der Waals surface area contributed by atoms with E-state index in [4.69, 9.17) is 14.6 Å². The second-order valence-electron chi connectivity index (χ2n) is 4.59. The van der Waals surface area contributed by atoms with Gasteiger partial charge in [0.15, 0.2) is 6.10 Å². The number of aliphatic carboxylic acids is 1. The van der Waals surface area contributed by atoms with E-state index in [1.807, 2.05) is 18.9 Å². The van der Waals surface area contributed by atoms with E-state index >= 15 is 0 Å². The van der Waals surface area contributed by atoms with Gasteiger partial charge >= 0.3 is 5.97 Å². The van der Waals surface area contributed by atoms with Crippen molar-refractivity contribution in [1.82, 2.24) is 4.90 Å². The van der Waals surface area contributed by atoms with Gasteiger partial charge in [0.05, 0.1) is 6.61 Å². The van der Waals surface area contributed by atoms with Gasteiger partial charge in [-0.25, -0.2) is 4.79 Å². The van der Waals surface area contributed by atoms with Gasteiger partial charge in [-0.3, -0.25) is 0 Å². The number of carboxylic acids is 1. The number of ether oxygens (including phenoxy) is 2. The predicted molar refractivity (Wildman–Crippen MR) is 64.1 cm³/mol. The zero-order chi connectivity index (χ0) is 12.7. The number of carbonyl (C=O) groups is 1. The van der Waals surface area contributed by atoms with Crippen LogP contribution in [0.15, 0.2) is 0 Å². The fourth-order valence-electron chi connectivity index (χ4n) is 2.15. The summed E-state index contributed by atoms with van der Waals surface area (Å²) in [6.45, 7) is 5.19. The maximum atomic E-state index is 10.9. The van der Waals surface area contributed by atoms with Crippen molar-refractivity contribution in [1.29, 1.82) is 0 Å². The van der Waals surface area contributed by atoms with Crippen LogP contribution in [0.25, 0.3) is 0 Å². The quantitative estimate of drug-likeness (QED) is 0.720. The van der Waals surface area contributed by atoms with Crippen LogP contribution < -0.4 is 0 Å². The third-order valence-electron chi connectivity index (χ3n) is 2.95. The van der Waals surface area contributed by atoms with Gasteiger partial charge in [-0.05, 0) is 32.7 Å². The van der Waals surface area contributed by atoms with Crippen molar-refractivity contribution in [2.75, 3.05) is 40.0 Å². The Kier molecular flexibility index (Phi) is 6.47. The van der Waals surface area contributed by atoms with Crippen LogP contribution in [0.3, 0.4) is 0 Å². The van der Waals surface area contributed by atoms with E-state index in [0.717, 1.165) is 32.6 Å². The molecule has 1 aliphatic heterocycles. The van der Waals surface area contributed by atoms with Crippen LogP contribution in [-0.4, -0.2) is 62.0 Å². The van der Waals surface area contributed by atoms with Gasteiger partial charge in [-0.2, -0.15) is 0 Å². The largest absolute Gasteiger partial charge is 0.479 e. The molecule has 5 nitrogen and oxygen atoms in total. The van der Waals surface area contributed by atoms with Gasteiger partial charge in [0.2, 0.25) is 0 Å². The fraction of sp³-hybridized carbons (Fsp3) is 0.917. The van der Waals surface area contributed by atoms with Crippen molar-refractivity contribution in [3.05, 3.63) is 0 Å². The zero-order valence-corrected chi connectivity index (χ0v) is 10.7. The standard InChI is InChI=1S/C12H23NO4/c1-3-17-11(12(14)15)8-13(2)7-10-5-4-6-16-9-10/h10-11H,3-9H2,1-2H3,(H,14,15). The molecule has 1 heterocycles. The van der Waals surface area contributed by atoms with Crippen molar-refractivity contribution in [3.63, 3.8) is 0 Å². The highest BCUT2D eigenvalue weighted by Crippen LogP contribution is 2.14. The molecule has 0 amide bonds. The first-order valence-electron chi connectivity index (χ1n) is 6.24. The first-order valence-corrected chi connectivity index (χ1v) is 6.24. The van der Waals surface area contributed by atoms with Crippen LogP contribution in [0.5, 0.6) is 0 Å². The third kappa shape index (κ3) is 5.48. The maximum Gasteiger partial charge on any atom is 0.334 e. The molecule has 2 atom stereocenters. The van der Waals surface area contributed by atoms with Gasteiger partial charge in [0.1, 0.15) is 0 Å². The summed E-state index contributed by atoms with van der Waals surface area (Å²) in [5.74, 6) is -0.372. The summed E-state index contributed by atoms with van der Waals surface area (Å²) in [5.41, 5.74) is 0. The third-order valence-corrected chi connectivity index (χ3v) is 2.95. The van der Waals surface area contributed by atoms with E-state index in [1.54, 1.807) is 0 Å². The Bertz CT molecular complexity index is 229. The van der Waals surface area contributed by atoms with Crippen molar-refractivity contribution >= 4 is 5.97 Å². The average Bonchev–Trinajstić information content (AvgIpc) is 2.29. The molecule has 0 bridgehead atoms. The van der Waals surface area contributed by atoms with E-state index in [-0.39, 0.29) is 0 Å². The number of likely N-dealkylation sites (N-methyl/N-ethyl adjacent to an activating group) is 1. The summed E-state index contributed by atoms with van der Waals surface area (Å²) in [7, 11) is 1.93. The molecular weight excluding hydrogens is 222 g/mol. The van der Waals surface area contributed by atoms with Crippen molar-refractivity contribution < 1.29 is 19.4 Å². The molecule has 2 unspecified atom stereocenters. The highest BCUT2D eigenvalue weighted by atomic mass is 16.5. The van der Waals surface area contributed by atoms with Gasteiger partial charge in [0, 0.05) is 26.3 Å². The topological polar surface area (TPSA) is 59.0 Å². The second-order valence-corrected chi connectivity index (χ2v) is 4.59. The second kappa shape index (κ2) is 7.63. The molecule has 0 aromatic heterocycles. The lowest BCUT2D eigenvalue weighted by molar-refractivity contribution is -0.151. The van der Waals surface area contributed by atoms with Gasteiger partial charge < -0.3 is 19.5 Å². The highest BCUT2D eigenvalue weighted by molar-refractivity contribution is 5.72. The minimum atomic E-state index is -0.890. The first-order chi connectivity index (χ1) is 8.13. The van der Waals surface area contributed by atoms with Gasteiger partial charge in [-0.15, -0.1) is 0 Å². The zero-order valence-electron chi connectivity index (χ0n) is 10.7. The van der Waals surface area contributed by atoms with E-state index < -0.39 is 12.1 Å². The lowest BCUT2D eigenvalue weighted by Crippen LogP contribution is -2.40. The predicted octanol–water partition coefficient (Wildman–Crippen LogP) is 0.835. The summed E-state index contributed by atoms with van der Waals surface area (Å²) < 4.78 is 10.6. The van der Waals surface area contributed by atoms with E-state index in [2.05, 4.69) is 0 Å². The number of rotatable bonds is 7. The normalized spacial score (nSPS) is 22.6. The molecule has 17 heavy (non-hydrogen) atoms. The summed E-state index contributed by atoms with van der Waals surface area (Å²) >= 11 is 0. The van der Waals surface area contributed by atoms with Gasteiger partial charge in [0.25, 0.3) is 0 Å². The molecule has 1 rings (SSSR count). The molecule has 1 aliphatic rings. The molecule has 0 radical (unpaired) electrons. The summed E-state index contributed by atoms with van der Waals surface area (Å²) in [4.78, 5) is 13.0. The molecular formula is C12H23NO4. The number of carboxylic acid groups (broad SMARTS) is 1. The smallest absolute Gasteiger partial charge is 0.334 e. The number of hydrogen-bond donors (Lipinski definition) is 1. The number of nitrogens with zero attached hydrogens (tertiary/aromatic N) is 1. The van der Waals surface area contributed by atoms with Crippen molar-refractivity contribution in [3.8, 4) is 0 Å². The monoisotopic (exact) mass is 245 g/mol. The lowest BCUT2D eigenvalue weighted by atomic mass is 10.0. The molecule has 0 aromatic rings. The lowest BCUT2D eigenvalue weighted by Gasteiger charge is -2.28. The SMILES string of the molecule is CCOC(CN(C)CC1CCCOC1)C(=O)O. The average molecular weight is 245 g/mol.